The molecule has 0 bridgehead atoms. The zero-order valence-corrected chi connectivity index (χ0v) is 16.7. The van der Waals surface area contributed by atoms with Crippen molar-refractivity contribution < 1.29 is 26.2 Å². The van der Waals surface area contributed by atoms with Gasteiger partial charge in [0, 0.05) is 21.1 Å². The molecule has 1 aromatic rings. The molecule has 1 atom stereocenters. The Morgan fingerprint density at radius 3 is 2.48 bits per heavy atom. The Bertz CT molecular complexity index is 381. The summed E-state index contributed by atoms with van der Waals surface area (Å²) in [7, 11) is 0. The predicted octanol–water partition coefficient (Wildman–Crippen LogP) is 4.93. The summed E-state index contributed by atoms with van der Waals surface area (Å²) in [6.45, 7) is 7.91. The van der Waals surface area contributed by atoms with Crippen LogP contribution in [-0.2, 0) is 27.5 Å². The second kappa shape index (κ2) is 12.4. The third-order valence-corrected chi connectivity index (χ3v) is 3.86. The molecule has 0 fully saturated rings. The van der Waals surface area contributed by atoms with Crippen LogP contribution in [0.4, 0.5) is 0 Å². The quantitative estimate of drug-likeness (QED) is 0.494. The Morgan fingerprint density at radius 2 is 1.81 bits per heavy atom. The Labute approximate surface area is 145 Å². The topological polar surface area (TPSA) is 34.3 Å². The van der Waals surface area contributed by atoms with Gasteiger partial charge in [-0.1, -0.05) is 64.2 Å². The number of hydrogen-bond acceptors (Lipinski definition) is 1. The predicted molar refractivity (Wildman–Crippen MR) is 87.4 cm³/mol. The molecule has 0 aliphatic carbocycles. The number of nitrogens with zero attached hydrogens (tertiary/aromatic N) is 1. The van der Waals surface area contributed by atoms with Gasteiger partial charge in [0.1, 0.15) is 0 Å². The summed E-state index contributed by atoms with van der Waals surface area (Å²) in [5.74, 6) is 0. The van der Waals surface area contributed by atoms with Crippen molar-refractivity contribution in [2.75, 3.05) is 13.1 Å². The van der Waals surface area contributed by atoms with Gasteiger partial charge in [-0.25, -0.2) is 0 Å². The first-order valence-electron chi connectivity index (χ1n) is 8.09. The van der Waals surface area contributed by atoms with E-state index >= 15 is 0 Å². The first kappa shape index (κ1) is 20.8. The van der Waals surface area contributed by atoms with E-state index in [4.69, 9.17) is 0 Å². The van der Waals surface area contributed by atoms with Crippen LogP contribution in [0.3, 0.4) is 0 Å². The van der Waals surface area contributed by atoms with Crippen molar-refractivity contribution in [3.8, 4) is 0 Å². The van der Waals surface area contributed by atoms with Gasteiger partial charge in [-0.3, -0.25) is 0 Å². The average molecular weight is 460 g/mol. The number of aliphatic hydroxyl groups excluding tert-OH is 1. The largest absolute Gasteiger partial charge is 0.660 e. The van der Waals surface area contributed by atoms with Gasteiger partial charge >= 0.3 is 0 Å². The Kier molecular flexibility index (Phi) is 12.3. The molecule has 0 radical (unpaired) electrons. The third-order valence-electron chi connectivity index (χ3n) is 3.86. The summed E-state index contributed by atoms with van der Waals surface area (Å²) >= 11 is 0. The fourth-order valence-electron chi connectivity index (χ4n) is 2.43. The minimum atomic E-state index is -0.448. The van der Waals surface area contributed by atoms with Gasteiger partial charge in [0.2, 0.25) is 0 Å². The third kappa shape index (κ3) is 8.14. The van der Waals surface area contributed by atoms with Crippen LogP contribution in [0, 0.1) is 6.92 Å². The van der Waals surface area contributed by atoms with Crippen molar-refractivity contribution in [3.05, 3.63) is 40.2 Å². The number of rotatable bonds is 10. The Hall–Kier alpha value is -0.172. The number of unbranched alkanes of at least 4 members (excludes halogenated alkanes) is 4. The van der Waals surface area contributed by atoms with Gasteiger partial charge in [-0.2, -0.15) is 0 Å². The fraction of sp³-hybridized carbons (Fsp3) is 0.667. The number of benzene rings is 1. The van der Waals surface area contributed by atoms with Crippen molar-refractivity contribution in [1.29, 1.82) is 0 Å². The standard InChI is InChI=1S/C18H30NO.W/c1-4-6-7-8-9-12-19-14-18(20)17-11-10-15(3)16(5-2)13-17;/h10-11,13,18,20H,4-9,12,14H2,1-3H3;/q-1;. The number of hydrogen-bond donors (Lipinski definition) is 1. The summed E-state index contributed by atoms with van der Waals surface area (Å²) in [5, 5.41) is 14.7. The molecule has 0 aliphatic rings. The minimum absolute atomic E-state index is 0. The molecular weight excluding hydrogens is 430 g/mol. The van der Waals surface area contributed by atoms with Gasteiger partial charge in [0.05, 0.1) is 6.10 Å². The SMILES string of the molecule is CCCCCCC[N-]CC(O)c1ccc(C)c(CC)c1.[W]. The molecule has 0 aromatic heterocycles. The molecule has 1 aromatic carbocycles. The molecule has 0 amide bonds. The monoisotopic (exact) mass is 460 g/mol. The summed E-state index contributed by atoms with van der Waals surface area (Å²) < 4.78 is 0. The molecule has 0 spiro atoms. The van der Waals surface area contributed by atoms with E-state index in [0.717, 1.165) is 24.9 Å². The van der Waals surface area contributed by atoms with Crippen LogP contribution >= 0.6 is 0 Å². The average Bonchev–Trinajstić information content (AvgIpc) is 2.46. The second-order valence-electron chi connectivity index (χ2n) is 5.60. The molecule has 1 N–H and O–H groups in total. The van der Waals surface area contributed by atoms with Crippen molar-refractivity contribution in [2.24, 2.45) is 0 Å². The fourth-order valence-corrected chi connectivity index (χ4v) is 2.43. The number of aryl methyl sites for hydroxylation is 2. The van der Waals surface area contributed by atoms with Crippen molar-refractivity contribution >= 4 is 0 Å². The van der Waals surface area contributed by atoms with E-state index in [9.17, 15) is 5.11 Å². The normalized spacial score (nSPS) is 12.0. The van der Waals surface area contributed by atoms with E-state index in [1.54, 1.807) is 0 Å². The molecule has 1 unspecified atom stereocenters. The molecule has 3 heteroatoms. The summed E-state index contributed by atoms with van der Waals surface area (Å²) in [6.07, 6.45) is 6.90. The van der Waals surface area contributed by atoms with Crippen molar-refractivity contribution in [1.82, 2.24) is 0 Å². The summed E-state index contributed by atoms with van der Waals surface area (Å²) in [6, 6.07) is 6.24. The van der Waals surface area contributed by atoms with Crippen LogP contribution in [0.25, 0.3) is 5.32 Å². The molecule has 0 saturated carbocycles. The Balaban J connectivity index is 0.00000400. The van der Waals surface area contributed by atoms with Crippen molar-refractivity contribution in [2.45, 2.75) is 65.4 Å². The number of aliphatic hydroxyl groups is 1. The van der Waals surface area contributed by atoms with Gasteiger partial charge < -0.3 is 10.4 Å². The molecule has 21 heavy (non-hydrogen) atoms. The van der Waals surface area contributed by atoms with Crippen molar-refractivity contribution in [3.63, 3.8) is 0 Å². The first-order valence-corrected chi connectivity index (χ1v) is 8.09. The molecule has 2 nitrogen and oxygen atoms in total. The van der Waals surface area contributed by atoms with Crippen LogP contribution in [-0.4, -0.2) is 18.2 Å². The maximum atomic E-state index is 10.2. The van der Waals surface area contributed by atoms with Gasteiger partial charge in [0.15, 0.2) is 0 Å². The van der Waals surface area contributed by atoms with E-state index in [0.29, 0.717) is 6.54 Å². The molecular formula is C18H30NOW-. The second-order valence-corrected chi connectivity index (χ2v) is 5.60. The minimum Gasteiger partial charge on any atom is -0.660 e. The van der Waals surface area contributed by atoms with Crippen LogP contribution in [0.2, 0.25) is 0 Å². The van der Waals surface area contributed by atoms with E-state index in [2.05, 4.69) is 38.2 Å². The van der Waals surface area contributed by atoms with Gasteiger partial charge in [-0.05, 0) is 30.0 Å². The van der Waals surface area contributed by atoms with Crippen LogP contribution < -0.4 is 0 Å². The van der Waals surface area contributed by atoms with Crippen LogP contribution in [0.1, 0.15) is 68.7 Å². The van der Waals surface area contributed by atoms with Gasteiger partial charge in [-0.15, -0.1) is 13.1 Å². The molecule has 0 heterocycles. The van der Waals surface area contributed by atoms with Crippen LogP contribution in [0.5, 0.6) is 0 Å². The van der Waals surface area contributed by atoms with E-state index in [1.165, 1.54) is 36.8 Å². The molecule has 0 saturated heterocycles. The zero-order chi connectivity index (χ0) is 14.8. The van der Waals surface area contributed by atoms with E-state index in [-0.39, 0.29) is 21.1 Å². The maximum absolute atomic E-state index is 10.2. The smallest absolute Gasteiger partial charge is 0.0603 e. The Morgan fingerprint density at radius 1 is 1.10 bits per heavy atom. The summed E-state index contributed by atoms with van der Waals surface area (Å²) in [4.78, 5) is 0. The van der Waals surface area contributed by atoms with Crippen LogP contribution in [0.15, 0.2) is 18.2 Å². The maximum Gasteiger partial charge on any atom is 0.0603 e. The first-order chi connectivity index (χ1) is 9.69. The van der Waals surface area contributed by atoms with Gasteiger partial charge in [0.25, 0.3) is 0 Å². The van der Waals surface area contributed by atoms with E-state index in [1.807, 2.05) is 6.07 Å². The molecule has 0 aliphatic heterocycles. The van der Waals surface area contributed by atoms with E-state index < -0.39 is 6.10 Å². The summed E-state index contributed by atoms with van der Waals surface area (Å²) in [5.41, 5.74) is 3.62. The zero-order valence-electron chi connectivity index (χ0n) is 13.8. The molecule has 1 rings (SSSR count). The molecule has 120 valence electrons.